The smallest absolute Gasteiger partial charge is 0.345 e. The molecule has 0 radical (unpaired) electrons. The number of carboxylic acid groups (broad SMARTS) is 1. The molecule has 116 valence electrons. The van der Waals surface area contributed by atoms with Gasteiger partial charge in [-0.1, -0.05) is 13.8 Å². The zero-order valence-corrected chi connectivity index (χ0v) is 12.5. The number of nitrogens with two attached hydrogens (primary N) is 1. The number of hydrogen-bond donors (Lipinski definition) is 2. The van der Waals surface area contributed by atoms with E-state index in [4.69, 9.17) is 20.3 Å². The van der Waals surface area contributed by atoms with Crippen molar-refractivity contribution < 1.29 is 29.0 Å². The number of rotatable bonds is 6. The average Bonchev–Trinajstić information content (AvgIpc) is 2.23. The first-order chi connectivity index (χ1) is 8.94. The lowest BCUT2D eigenvalue weighted by Crippen LogP contribution is -2.41. The molecule has 2 unspecified atom stereocenters. The van der Waals surface area contributed by atoms with Gasteiger partial charge >= 0.3 is 17.9 Å². The Morgan fingerprint density at radius 1 is 1.20 bits per heavy atom. The van der Waals surface area contributed by atoms with E-state index < -0.39 is 42.1 Å². The van der Waals surface area contributed by atoms with Gasteiger partial charge in [-0.3, -0.25) is 9.59 Å². The second-order valence-electron chi connectivity index (χ2n) is 5.82. The molecule has 0 saturated carbocycles. The molecular formula is C13H23NO6. The summed E-state index contributed by atoms with van der Waals surface area (Å²) in [6.07, 6.45) is -2.15. The number of esters is 2. The van der Waals surface area contributed by atoms with Crippen molar-refractivity contribution in [1.29, 1.82) is 0 Å². The van der Waals surface area contributed by atoms with Crippen molar-refractivity contribution in [3.05, 3.63) is 0 Å². The molecule has 0 aromatic heterocycles. The van der Waals surface area contributed by atoms with Gasteiger partial charge in [-0.05, 0) is 26.7 Å². The van der Waals surface area contributed by atoms with Gasteiger partial charge in [-0.25, -0.2) is 4.79 Å². The summed E-state index contributed by atoms with van der Waals surface area (Å²) in [6.45, 7) is 8.37. The molecule has 7 nitrogen and oxygen atoms in total. The maximum atomic E-state index is 11.6. The van der Waals surface area contributed by atoms with Crippen LogP contribution in [0.2, 0.25) is 0 Å². The van der Waals surface area contributed by atoms with Crippen LogP contribution in [0.25, 0.3) is 0 Å². The number of carbonyl (C=O) groups is 3. The average molecular weight is 289 g/mol. The molecule has 0 amide bonds. The van der Waals surface area contributed by atoms with Crippen LogP contribution in [0.5, 0.6) is 0 Å². The Balaban J connectivity index is 4.64. The van der Waals surface area contributed by atoms with Gasteiger partial charge < -0.3 is 20.3 Å². The van der Waals surface area contributed by atoms with E-state index in [1.54, 1.807) is 34.6 Å². The van der Waals surface area contributed by atoms with E-state index >= 15 is 0 Å². The highest BCUT2D eigenvalue weighted by atomic mass is 16.6. The molecular weight excluding hydrogens is 266 g/mol. The van der Waals surface area contributed by atoms with Gasteiger partial charge in [0, 0.05) is 0 Å². The summed E-state index contributed by atoms with van der Waals surface area (Å²) in [6, 6.07) is -0.935. The lowest BCUT2D eigenvalue weighted by atomic mass is 10.1. The van der Waals surface area contributed by atoms with Crippen molar-refractivity contribution in [2.75, 3.05) is 0 Å². The predicted molar refractivity (Wildman–Crippen MR) is 70.8 cm³/mol. The molecule has 0 spiro atoms. The standard InChI is InChI=1S/C13H23NO6/c1-7(2)10(14)12(18)19-8(11(16)17)6-9(15)20-13(3,4)5/h7-8,10H,6,14H2,1-5H3,(H,16,17). The number of aliphatic carboxylic acids is 1. The molecule has 2 atom stereocenters. The summed E-state index contributed by atoms with van der Waals surface area (Å²) in [5, 5.41) is 8.96. The second-order valence-corrected chi connectivity index (χ2v) is 5.82. The SMILES string of the molecule is CC(C)C(N)C(=O)OC(CC(=O)OC(C)(C)C)C(=O)O. The van der Waals surface area contributed by atoms with Gasteiger partial charge in [0.05, 0.1) is 6.42 Å². The Hall–Kier alpha value is -1.63. The third-order valence-electron chi connectivity index (χ3n) is 2.30. The Morgan fingerprint density at radius 2 is 1.70 bits per heavy atom. The third-order valence-corrected chi connectivity index (χ3v) is 2.30. The van der Waals surface area contributed by atoms with Crippen LogP contribution in [0, 0.1) is 5.92 Å². The van der Waals surface area contributed by atoms with Crippen molar-refractivity contribution in [3.63, 3.8) is 0 Å². The lowest BCUT2D eigenvalue weighted by Gasteiger charge is -2.22. The first-order valence-electron chi connectivity index (χ1n) is 6.34. The number of hydrogen-bond acceptors (Lipinski definition) is 6. The predicted octanol–water partition coefficient (Wildman–Crippen LogP) is 0.698. The van der Waals surface area contributed by atoms with Crippen LogP contribution < -0.4 is 5.73 Å². The van der Waals surface area contributed by atoms with Crippen molar-refractivity contribution in [1.82, 2.24) is 0 Å². The maximum absolute atomic E-state index is 11.6. The van der Waals surface area contributed by atoms with E-state index in [0.717, 1.165) is 0 Å². The number of carbonyl (C=O) groups excluding carboxylic acids is 2. The van der Waals surface area contributed by atoms with E-state index in [0.29, 0.717) is 0 Å². The van der Waals surface area contributed by atoms with Gasteiger partial charge in [-0.15, -0.1) is 0 Å². The number of carboxylic acids is 1. The molecule has 0 aromatic carbocycles. The molecule has 7 heteroatoms. The molecule has 0 aliphatic rings. The topological polar surface area (TPSA) is 116 Å². The monoisotopic (exact) mass is 289 g/mol. The second kappa shape index (κ2) is 7.23. The summed E-state index contributed by atoms with van der Waals surface area (Å²) in [5.74, 6) is -3.22. The minimum absolute atomic E-state index is 0.196. The van der Waals surface area contributed by atoms with Crippen LogP contribution in [-0.4, -0.2) is 40.8 Å². The van der Waals surface area contributed by atoms with E-state index in [-0.39, 0.29) is 5.92 Å². The van der Waals surface area contributed by atoms with Gasteiger partial charge in [0.25, 0.3) is 0 Å². The summed E-state index contributed by atoms with van der Waals surface area (Å²) in [5.41, 5.74) is 4.82. The molecule has 20 heavy (non-hydrogen) atoms. The fourth-order valence-electron chi connectivity index (χ4n) is 1.20. The summed E-state index contributed by atoms with van der Waals surface area (Å²) < 4.78 is 9.74. The molecule has 0 fully saturated rings. The molecule has 0 rings (SSSR count). The van der Waals surface area contributed by atoms with E-state index in [2.05, 4.69) is 0 Å². The summed E-state index contributed by atoms with van der Waals surface area (Å²) >= 11 is 0. The third kappa shape index (κ3) is 7.08. The highest BCUT2D eigenvalue weighted by Crippen LogP contribution is 2.12. The Bertz CT molecular complexity index is 372. The lowest BCUT2D eigenvalue weighted by molar-refractivity contribution is -0.172. The largest absolute Gasteiger partial charge is 0.478 e. The fourth-order valence-corrected chi connectivity index (χ4v) is 1.20. The highest BCUT2D eigenvalue weighted by molar-refractivity contribution is 5.84. The Morgan fingerprint density at radius 3 is 2.05 bits per heavy atom. The first kappa shape index (κ1) is 18.4. The van der Waals surface area contributed by atoms with Gasteiger partial charge in [0.1, 0.15) is 11.6 Å². The van der Waals surface area contributed by atoms with Crippen molar-refractivity contribution in [2.45, 2.75) is 58.8 Å². The normalized spacial score (nSPS) is 14.6. The molecule has 3 N–H and O–H groups in total. The minimum atomic E-state index is -1.60. The van der Waals surface area contributed by atoms with Gasteiger partial charge in [0.2, 0.25) is 6.10 Å². The number of ether oxygens (including phenoxy) is 2. The van der Waals surface area contributed by atoms with Gasteiger partial charge in [-0.2, -0.15) is 0 Å². The minimum Gasteiger partial charge on any atom is -0.478 e. The van der Waals surface area contributed by atoms with E-state index in [1.165, 1.54) is 0 Å². The zero-order valence-electron chi connectivity index (χ0n) is 12.5. The Labute approximate surface area is 118 Å². The van der Waals surface area contributed by atoms with Crippen LogP contribution in [0.4, 0.5) is 0 Å². The van der Waals surface area contributed by atoms with Crippen LogP contribution in [0.15, 0.2) is 0 Å². The van der Waals surface area contributed by atoms with Crippen molar-refractivity contribution >= 4 is 17.9 Å². The van der Waals surface area contributed by atoms with Crippen LogP contribution >= 0.6 is 0 Å². The van der Waals surface area contributed by atoms with Crippen LogP contribution in [-0.2, 0) is 23.9 Å². The molecule has 0 bridgehead atoms. The van der Waals surface area contributed by atoms with Crippen LogP contribution in [0.1, 0.15) is 41.0 Å². The van der Waals surface area contributed by atoms with Crippen LogP contribution in [0.3, 0.4) is 0 Å². The highest BCUT2D eigenvalue weighted by Gasteiger charge is 2.30. The zero-order chi connectivity index (χ0) is 16.1. The fraction of sp³-hybridized carbons (Fsp3) is 0.769. The van der Waals surface area contributed by atoms with Gasteiger partial charge in [0.15, 0.2) is 0 Å². The molecule has 0 aromatic rings. The first-order valence-corrected chi connectivity index (χ1v) is 6.34. The van der Waals surface area contributed by atoms with Crippen molar-refractivity contribution in [3.8, 4) is 0 Å². The Kier molecular flexibility index (Phi) is 6.64. The molecule has 0 heterocycles. The van der Waals surface area contributed by atoms with E-state index in [9.17, 15) is 14.4 Å². The van der Waals surface area contributed by atoms with E-state index in [1.807, 2.05) is 0 Å². The summed E-state index contributed by atoms with van der Waals surface area (Å²) in [4.78, 5) is 34.2. The quantitative estimate of drug-likeness (QED) is 0.691. The molecule has 0 aliphatic carbocycles. The van der Waals surface area contributed by atoms with Crippen molar-refractivity contribution in [2.24, 2.45) is 11.7 Å². The maximum Gasteiger partial charge on any atom is 0.345 e. The summed E-state index contributed by atoms with van der Waals surface area (Å²) in [7, 11) is 0. The molecule has 0 aliphatic heterocycles. The molecule has 0 saturated heterocycles.